The van der Waals surface area contributed by atoms with E-state index >= 15 is 0 Å². The topological polar surface area (TPSA) is 21.3 Å². The van der Waals surface area contributed by atoms with E-state index in [4.69, 9.17) is 4.84 Å². The van der Waals surface area contributed by atoms with Crippen molar-refractivity contribution >= 4 is 0 Å². The van der Waals surface area contributed by atoms with E-state index < -0.39 is 0 Å². The molecule has 0 aromatic heterocycles. The minimum absolute atomic E-state index is 0.0868. The zero-order chi connectivity index (χ0) is 13.0. The van der Waals surface area contributed by atoms with E-state index in [2.05, 4.69) is 33.2 Å². The van der Waals surface area contributed by atoms with Crippen LogP contribution < -0.4 is 5.48 Å². The zero-order valence-corrected chi connectivity index (χ0v) is 12.5. The molecule has 4 rings (SSSR count). The lowest BCUT2D eigenvalue weighted by atomic mass is 9.48. The molecule has 0 aliphatic heterocycles. The first-order chi connectivity index (χ1) is 8.36. The Morgan fingerprint density at radius 1 is 1.00 bits per heavy atom. The second kappa shape index (κ2) is 4.21. The Kier molecular flexibility index (Phi) is 3.02. The average Bonchev–Trinajstić information content (AvgIpc) is 2.22. The molecule has 4 fully saturated rings. The molecule has 104 valence electrons. The van der Waals surface area contributed by atoms with Crippen molar-refractivity contribution in [2.45, 2.75) is 77.9 Å². The number of hydroxylamine groups is 1. The average molecular weight is 251 g/mol. The fraction of sp³-hybridized carbons (Fsp3) is 1.00. The van der Waals surface area contributed by atoms with Crippen molar-refractivity contribution in [3.05, 3.63) is 0 Å². The number of hydrogen-bond acceptors (Lipinski definition) is 2. The first kappa shape index (κ1) is 12.9. The molecule has 0 aromatic rings. The highest BCUT2D eigenvalue weighted by Gasteiger charge is 2.53. The molecule has 0 amide bonds. The number of rotatable bonds is 3. The minimum atomic E-state index is -0.0868. The Morgan fingerprint density at radius 3 is 1.83 bits per heavy atom. The first-order valence-electron chi connectivity index (χ1n) is 7.80. The van der Waals surface area contributed by atoms with Crippen LogP contribution >= 0.6 is 0 Å². The maximum atomic E-state index is 5.83. The standard InChI is InChI=1S/C16H29NO/c1-11(17-18-15(2,3)4)16-8-12-5-13(9-16)7-14(6-12)10-16/h11-14,17H,5-10H2,1-4H3. The van der Waals surface area contributed by atoms with Gasteiger partial charge in [-0.15, -0.1) is 0 Å². The van der Waals surface area contributed by atoms with Gasteiger partial charge in [-0.05, 0) is 89.4 Å². The molecule has 0 radical (unpaired) electrons. The lowest BCUT2D eigenvalue weighted by Gasteiger charge is -2.59. The Hall–Kier alpha value is -0.0800. The molecule has 1 unspecified atom stereocenters. The van der Waals surface area contributed by atoms with Gasteiger partial charge in [0, 0.05) is 6.04 Å². The van der Waals surface area contributed by atoms with Crippen LogP contribution in [0.25, 0.3) is 0 Å². The van der Waals surface area contributed by atoms with Gasteiger partial charge < -0.3 is 0 Å². The fourth-order valence-corrected chi connectivity index (χ4v) is 5.10. The highest BCUT2D eigenvalue weighted by molar-refractivity contribution is 5.04. The number of nitrogens with one attached hydrogen (secondary N) is 1. The van der Waals surface area contributed by atoms with Crippen LogP contribution in [0.3, 0.4) is 0 Å². The van der Waals surface area contributed by atoms with Crippen LogP contribution in [0, 0.1) is 23.2 Å². The van der Waals surface area contributed by atoms with E-state index in [1.54, 1.807) is 0 Å². The second-order valence-electron chi connectivity index (χ2n) is 8.33. The molecule has 1 N–H and O–H groups in total. The molecule has 1 atom stereocenters. The van der Waals surface area contributed by atoms with Crippen molar-refractivity contribution in [2.75, 3.05) is 0 Å². The summed E-state index contributed by atoms with van der Waals surface area (Å²) >= 11 is 0. The largest absolute Gasteiger partial charge is 0.296 e. The number of hydrogen-bond donors (Lipinski definition) is 1. The molecule has 4 aliphatic carbocycles. The normalized spacial score (nSPS) is 44.3. The molecule has 2 nitrogen and oxygen atoms in total. The van der Waals surface area contributed by atoms with Crippen molar-refractivity contribution in [1.82, 2.24) is 5.48 Å². The van der Waals surface area contributed by atoms with Crippen LogP contribution in [0.2, 0.25) is 0 Å². The van der Waals surface area contributed by atoms with Crippen LogP contribution in [0.15, 0.2) is 0 Å². The predicted molar refractivity (Wildman–Crippen MR) is 74.0 cm³/mol. The molecule has 4 saturated carbocycles. The molecule has 4 bridgehead atoms. The van der Waals surface area contributed by atoms with Crippen LogP contribution in [-0.4, -0.2) is 11.6 Å². The first-order valence-corrected chi connectivity index (χ1v) is 7.80. The van der Waals surface area contributed by atoms with Gasteiger partial charge in [0.25, 0.3) is 0 Å². The quantitative estimate of drug-likeness (QED) is 0.768. The van der Waals surface area contributed by atoms with Crippen LogP contribution in [-0.2, 0) is 4.84 Å². The van der Waals surface area contributed by atoms with E-state index in [9.17, 15) is 0 Å². The van der Waals surface area contributed by atoms with Gasteiger partial charge in [0.15, 0.2) is 0 Å². The maximum absolute atomic E-state index is 5.83. The van der Waals surface area contributed by atoms with Gasteiger partial charge in [-0.2, -0.15) is 5.48 Å². The molecular formula is C16H29NO. The minimum Gasteiger partial charge on any atom is -0.296 e. The van der Waals surface area contributed by atoms with Gasteiger partial charge in [0.2, 0.25) is 0 Å². The molecule has 18 heavy (non-hydrogen) atoms. The smallest absolute Gasteiger partial charge is 0.0813 e. The fourth-order valence-electron chi connectivity index (χ4n) is 5.10. The summed E-state index contributed by atoms with van der Waals surface area (Å²) in [5.41, 5.74) is 3.83. The summed E-state index contributed by atoms with van der Waals surface area (Å²) < 4.78 is 0. The van der Waals surface area contributed by atoms with E-state index in [0.29, 0.717) is 11.5 Å². The molecular weight excluding hydrogens is 222 g/mol. The van der Waals surface area contributed by atoms with E-state index in [1.165, 1.54) is 38.5 Å². The van der Waals surface area contributed by atoms with Gasteiger partial charge in [-0.1, -0.05) is 0 Å². The highest BCUT2D eigenvalue weighted by atomic mass is 16.7. The van der Waals surface area contributed by atoms with Crippen LogP contribution in [0.5, 0.6) is 0 Å². The van der Waals surface area contributed by atoms with Crippen LogP contribution in [0.4, 0.5) is 0 Å². The van der Waals surface area contributed by atoms with Crippen molar-refractivity contribution in [3.63, 3.8) is 0 Å². The third-order valence-electron chi connectivity index (χ3n) is 5.55. The van der Waals surface area contributed by atoms with Crippen molar-refractivity contribution in [1.29, 1.82) is 0 Å². The van der Waals surface area contributed by atoms with Crippen molar-refractivity contribution < 1.29 is 4.84 Å². The SMILES string of the molecule is CC(NOC(C)(C)C)C12CC3CC(CC(C3)C1)C2. The van der Waals surface area contributed by atoms with Gasteiger partial charge >= 0.3 is 0 Å². The van der Waals surface area contributed by atoms with E-state index in [-0.39, 0.29) is 5.60 Å². The third kappa shape index (κ3) is 2.34. The summed E-state index contributed by atoms with van der Waals surface area (Å²) in [4.78, 5) is 5.83. The molecule has 0 spiro atoms. The Bertz CT molecular complexity index is 282. The molecule has 2 heteroatoms. The maximum Gasteiger partial charge on any atom is 0.0813 e. The zero-order valence-electron chi connectivity index (χ0n) is 12.5. The molecule has 4 aliphatic rings. The molecule has 0 heterocycles. The second-order valence-corrected chi connectivity index (χ2v) is 8.33. The Balaban J connectivity index is 1.67. The van der Waals surface area contributed by atoms with Crippen molar-refractivity contribution in [3.8, 4) is 0 Å². The Labute approximate surface area is 112 Å². The summed E-state index contributed by atoms with van der Waals surface area (Å²) in [6.07, 6.45) is 8.90. The van der Waals surface area contributed by atoms with E-state index in [0.717, 1.165) is 17.8 Å². The lowest BCUT2D eigenvalue weighted by molar-refractivity contribution is -0.141. The monoisotopic (exact) mass is 251 g/mol. The van der Waals surface area contributed by atoms with E-state index in [1.807, 2.05) is 0 Å². The lowest BCUT2D eigenvalue weighted by Crippen LogP contribution is -2.55. The summed E-state index contributed by atoms with van der Waals surface area (Å²) in [5, 5.41) is 0. The van der Waals surface area contributed by atoms with Crippen LogP contribution in [0.1, 0.15) is 66.2 Å². The summed E-state index contributed by atoms with van der Waals surface area (Å²) in [6.45, 7) is 8.70. The highest BCUT2D eigenvalue weighted by Crippen LogP contribution is 2.61. The van der Waals surface area contributed by atoms with Gasteiger partial charge in [0.05, 0.1) is 5.60 Å². The molecule has 0 saturated heterocycles. The summed E-state index contributed by atoms with van der Waals surface area (Å²) in [5.74, 6) is 3.07. The summed E-state index contributed by atoms with van der Waals surface area (Å²) in [6, 6.07) is 0.505. The van der Waals surface area contributed by atoms with Gasteiger partial charge in [-0.25, -0.2) is 0 Å². The van der Waals surface area contributed by atoms with Crippen molar-refractivity contribution in [2.24, 2.45) is 23.2 Å². The van der Waals surface area contributed by atoms with Gasteiger partial charge in [0.1, 0.15) is 0 Å². The summed E-state index contributed by atoms with van der Waals surface area (Å²) in [7, 11) is 0. The predicted octanol–water partition coefficient (Wildman–Crippen LogP) is 3.91. The van der Waals surface area contributed by atoms with Gasteiger partial charge in [-0.3, -0.25) is 4.84 Å². The molecule has 0 aromatic carbocycles. The third-order valence-corrected chi connectivity index (χ3v) is 5.55. The Morgan fingerprint density at radius 2 is 1.44 bits per heavy atom.